The van der Waals surface area contributed by atoms with E-state index in [1.165, 1.54) is 42.7 Å². The summed E-state index contributed by atoms with van der Waals surface area (Å²) in [6.07, 6.45) is -4.13. The Bertz CT molecular complexity index is 1860. The first-order valence-corrected chi connectivity index (χ1v) is 18.9. The van der Waals surface area contributed by atoms with Gasteiger partial charge in [-0.2, -0.15) is 5.26 Å². The minimum absolute atomic E-state index is 0.0427. The highest BCUT2D eigenvalue weighted by molar-refractivity contribution is 7.44. The third kappa shape index (κ3) is 9.44. The van der Waals surface area contributed by atoms with Gasteiger partial charge in [0.1, 0.15) is 24.4 Å². The van der Waals surface area contributed by atoms with E-state index in [1.54, 1.807) is 13.8 Å². The van der Waals surface area contributed by atoms with Gasteiger partial charge in [0.15, 0.2) is 12.5 Å². The van der Waals surface area contributed by atoms with Gasteiger partial charge in [-0.05, 0) is 48.5 Å². The predicted octanol–water partition coefficient (Wildman–Crippen LogP) is 0.693. The summed E-state index contributed by atoms with van der Waals surface area (Å²) in [4.78, 5) is 68.4. The summed E-state index contributed by atoms with van der Waals surface area (Å²) in [6.45, 7) is 12.3. The smallest absolute Gasteiger partial charge is 0.330 e. The van der Waals surface area contributed by atoms with Gasteiger partial charge in [0.25, 0.3) is 19.6 Å². The highest BCUT2D eigenvalue weighted by atomic mass is 31.2. The zero-order valence-electron chi connectivity index (χ0n) is 32.0. The van der Waals surface area contributed by atoms with Gasteiger partial charge < -0.3 is 38.4 Å². The van der Waals surface area contributed by atoms with Gasteiger partial charge in [-0.3, -0.25) is 33.5 Å². The van der Waals surface area contributed by atoms with Gasteiger partial charge in [-0.1, -0.05) is 0 Å². The summed E-state index contributed by atoms with van der Waals surface area (Å²) in [7, 11) is 0.980. The van der Waals surface area contributed by atoms with Crippen LogP contribution in [0.25, 0.3) is 0 Å². The summed E-state index contributed by atoms with van der Waals surface area (Å²) < 4.78 is 41.5. The van der Waals surface area contributed by atoms with Gasteiger partial charge in [-0.15, -0.1) is 0 Å². The molecule has 4 N–H and O–H groups in total. The fraction of sp³-hybridized carbons (Fsp3) is 0.706. The number of carbonyl (C=O) groups is 1. The number of hydrogen-bond donors (Lipinski definition) is 4. The van der Waals surface area contributed by atoms with Crippen LogP contribution in [0.1, 0.15) is 71.0 Å². The second kappa shape index (κ2) is 18.8. The van der Waals surface area contributed by atoms with Crippen molar-refractivity contribution in [3.63, 3.8) is 0 Å². The van der Waals surface area contributed by atoms with Crippen molar-refractivity contribution in [2.24, 2.45) is 5.92 Å². The van der Waals surface area contributed by atoms with Crippen LogP contribution in [0.5, 0.6) is 0 Å². The number of aryl methyl sites for hydroxylation is 2. The molecule has 19 nitrogen and oxygen atoms in total. The molecule has 54 heavy (non-hydrogen) atoms. The average Bonchev–Trinajstić information content (AvgIpc) is 3.64. The number of nitrogens with zero attached hydrogens (tertiary/aromatic N) is 4. The number of aliphatic hydroxyl groups is 1. The molecule has 0 spiro atoms. The SMILES string of the molecule is CO[C@@H]1[C@H](CC(=O)N[C@@H](C)[C@H]2O[C@@H](n3cc(C)c(=O)[nH]c3=O)[C@H](OC)[C@@H]2OP(OCCC#N)N(C(C)C)C(C)C)[C@@H](CO)O[C@H]1n1cc(C)c(=O)[nH]c1=O. The second-order valence-corrected chi connectivity index (χ2v) is 15.3. The first-order valence-electron chi connectivity index (χ1n) is 17.7. The summed E-state index contributed by atoms with van der Waals surface area (Å²) in [5.41, 5.74) is -2.06. The number of hydrogen-bond acceptors (Lipinski definition) is 14. The molecule has 10 atom stereocenters. The summed E-state index contributed by atoms with van der Waals surface area (Å²) in [6, 6.07) is 1.20. The van der Waals surface area contributed by atoms with E-state index < -0.39 is 98.5 Å². The van der Waals surface area contributed by atoms with E-state index in [0.717, 1.165) is 0 Å². The average molecular weight is 782 g/mol. The lowest BCUT2D eigenvalue weighted by molar-refractivity contribution is -0.126. The molecular weight excluding hydrogens is 729 g/mol. The van der Waals surface area contributed by atoms with Crippen molar-refractivity contribution >= 4 is 14.4 Å². The van der Waals surface area contributed by atoms with Crippen molar-refractivity contribution < 1.29 is 37.9 Å². The Balaban J connectivity index is 1.66. The van der Waals surface area contributed by atoms with Crippen molar-refractivity contribution in [2.75, 3.05) is 27.4 Å². The molecule has 0 aromatic carbocycles. The maximum Gasteiger partial charge on any atom is 0.330 e. The first kappa shape index (κ1) is 43.2. The molecule has 2 aromatic heterocycles. The Labute approximate surface area is 313 Å². The topological polar surface area (TPSA) is 241 Å². The Kier molecular flexibility index (Phi) is 15.1. The van der Waals surface area contributed by atoms with E-state index in [0.29, 0.717) is 0 Å². The molecule has 2 fully saturated rings. The van der Waals surface area contributed by atoms with Crippen LogP contribution in [0.3, 0.4) is 0 Å². The standard InChI is InChI=1S/C34H52N7O12P/c1-17(2)41(18(3)4)54(50-12-10-11-35)53-27-25(52-32(28(27)49-9)40-15-20(6)30(45)38-34(40)47)21(7)36-24(43)13-22-23(16-42)51-31(26(22)48-8)39-14-19(5)29(44)37-33(39)46/h14-15,17-18,21-23,25-28,31-32,42H,10,12-13,16H2,1-9H3,(H,36,43)(H,37,44,46)(H,38,45,47)/t21-,22+,23+,25+,26+,27+,28+,31+,32+,54?/m0/s1. The number of nitrogens with one attached hydrogen (secondary N) is 3. The molecule has 2 saturated heterocycles. The van der Waals surface area contributed by atoms with Crippen LogP contribution in [-0.4, -0.2) is 111 Å². The normalized spacial score (nSPS) is 26.7. The van der Waals surface area contributed by atoms with Crippen molar-refractivity contribution in [2.45, 2.75) is 122 Å². The molecule has 20 heteroatoms. The zero-order valence-corrected chi connectivity index (χ0v) is 32.9. The van der Waals surface area contributed by atoms with Crippen molar-refractivity contribution in [3.8, 4) is 6.07 Å². The van der Waals surface area contributed by atoms with Gasteiger partial charge >= 0.3 is 11.4 Å². The molecule has 1 amide bonds. The van der Waals surface area contributed by atoms with Crippen LogP contribution in [0.15, 0.2) is 31.6 Å². The largest absolute Gasteiger partial charge is 0.394 e. The number of ether oxygens (including phenoxy) is 4. The zero-order chi connectivity index (χ0) is 40.0. The number of aromatic amines is 2. The fourth-order valence-electron chi connectivity index (χ4n) is 6.94. The molecule has 2 aliphatic heterocycles. The van der Waals surface area contributed by atoms with Gasteiger partial charge in [0, 0.05) is 62.2 Å². The third-order valence-electron chi connectivity index (χ3n) is 9.46. The third-order valence-corrected chi connectivity index (χ3v) is 11.6. The molecule has 0 saturated carbocycles. The molecule has 1 unspecified atom stereocenters. The minimum Gasteiger partial charge on any atom is -0.394 e. The summed E-state index contributed by atoms with van der Waals surface area (Å²) in [5.74, 6) is -1.19. The van der Waals surface area contributed by atoms with Crippen LogP contribution in [0.4, 0.5) is 0 Å². The molecule has 2 aromatic rings. The highest BCUT2D eigenvalue weighted by Gasteiger charge is 2.52. The first-order chi connectivity index (χ1) is 25.6. The van der Waals surface area contributed by atoms with Crippen LogP contribution >= 0.6 is 8.53 Å². The number of rotatable bonds is 17. The number of H-pyrrole nitrogens is 2. The molecule has 0 bridgehead atoms. The van der Waals surface area contributed by atoms with Crippen molar-refractivity contribution in [1.82, 2.24) is 29.1 Å². The molecule has 300 valence electrons. The number of carbonyl (C=O) groups excluding carboxylic acids is 1. The molecule has 0 radical (unpaired) electrons. The van der Waals surface area contributed by atoms with Crippen LogP contribution < -0.4 is 27.8 Å². The molecule has 0 aliphatic carbocycles. The number of aromatic nitrogens is 4. The van der Waals surface area contributed by atoms with E-state index in [2.05, 4.69) is 21.4 Å². The van der Waals surface area contributed by atoms with Crippen molar-refractivity contribution in [1.29, 1.82) is 5.26 Å². The number of amides is 1. The van der Waals surface area contributed by atoms with Gasteiger partial charge in [0.05, 0.1) is 37.8 Å². The Morgan fingerprint density at radius 3 is 1.96 bits per heavy atom. The molecule has 4 rings (SSSR count). The van der Waals surface area contributed by atoms with E-state index in [1.807, 2.05) is 32.4 Å². The van der Waals surface area contributed by atoms with E-state index in [9.17, 15) is 34.3 Å². The lowest BCUT2D eigenvalue weighted by Crippen LogP contribution is -2.49. The van der Waals surface area contributed by atoms with E-state index >= 15 is 0 Å². The second-order valence-electron chi connectivity index (χ2n) is 13.9. The van der Waals surface area contributed by atoms with Crippen molar-refractivity contribution in [3.05, 3.63) is 65.2 Å². The fourth-order valence-corrected chi connectivity index (χ4v) is 8.69. The van der Waals surface area contributed by atoms with Crippen LogP contribution in [-0.2, 0) is 32.8 Å². The molecular formula is C34H52N7O12P. The van der Waals surface area contributed by atoms with Crippen LogP contribution in [0.2, 0.25) is 0 Å². The Morgan fingerprint density at radius 2 is 1.48 bits per heavy atom. The number of nitriles is 1. The number of methoxy groups -OCH3 is 2. The van der Waals surface area contributed by atoms with E-state index in [4.69, 9.17) is 28.0 Å². The van der Waals surface area contributed by atoms with E-state index in [-0.39, 0.29) is 42.7 Å². The summed E-state index contributed by atoms with van der Waals surface area (Å²) in [5, 5.41) is 22.4. The Hall–Kier alpha value is -3.57. The maximum atomic E-state index is 13.8. The lowest BCUT2D eigenvalue weighted by Gasteiger charge is -2.38. The summed E-state index contributed by atoms with van der Waals surface area (Å²) >= 11 is 0. The van der Waals surface area contributed by atoms with Gasteiger partial charge in [0.2, 0.25) is 5.91 Å². The maximum absolute atomic E-state index is 13.8. The lowest BCUT2D eigenvalue weighted by atomic mass is 9.93. The molecule has 4 heterocycles. The predicted molar refractivity (Wildman–Crippen MR) is 194 cm³/mol. The minimum atomic E-state index is -1.85. The quantitative estimate of drug-likeness (QED) is 0.128. The number of aliphatic hydroxyl groups excluding tert-OH is 1. The molecule has 2 aliphatic rings. The monoisotopic (exact) mass is 781 g/mol. The van der Waals surface area contributed by atoms with Gasteiger partial charge in [-0.25, -0.2) is 14.3 Å². The van der Waals surface area contributed by atoms with Crippen LogP contribution in [0, 0.1) is 31.1 Å². The Morgan fingerprint density at radius 1 is 0.944 bits per heavy atom. The highest BCUT2D eigenvalue weighted by Crippen LogP contribution is 2.50.